The molecule has 0 aliphatic carbocycles. The summed E-state index contributed by atoms with van der Waals surface area (Å²) < 4.78 is 0. The maximum absolute atomic E-state index is 11.5. The first-order valence-corrected chi connectivity index (χ1v) is 7.07. The predicted octanol–water partition coefficient (Wildman–Crippen LogP) is 2.91. The van der Waals surface area contributed by atoms with Crippen LogP contribution in [-0.2, 0) is 17.8 Å². The van der Waals surface area contributed by atoms with Crippen LogP contribution in [-0.4, -0.2) is 17.6 Å². The number of hydrogen-bond donors (Lipinski definition) is 2. The van der Waals surface area contributed by atoms with Gasteiger partial charge in [-0.25, -0.2) is 0 Å². The number of phenolic OH excluding ortho intramolecular Hbond substituents is 1. The molecule has 4 nitrogen and oxygen atoms in total. The molecule has 0 saturated carbocycles. The van der Waals surface area contributed by atoms with Gasteiger partial charge in [-0.1, -0.05) is 18.2 Å². The van der Waals surface area contributed by atoms with Crippen LogP contribution in [0.4, 0.5) is 11.4 Å². The number of anilines is 2. The lowest BCUT2D eigenvalue weighted by molar-refractivity contribution is -0.116. The first-order chi connectivity index (χ1) is 10.1. The van der Waals surface area contributed by atoms with Gasteiger partial charge in [-0.15, -0.1) is 0 Å². The molecule has 0 unspecified atom stereocenters. The molecule has 2 aromatic carbocycles. The van der Waals surface area contributed by atoms with Gasteiger partial charge in [0.1, 0.15) is 5.75 Å². The normalized spacial score (nSPS) is 13.1. The zero-order valence-electron chi connectivity index (χ0n) is 12.0. The van der Waals surface area contributed by atoms with Gasteiger partial charge in [-0.3, -0.25) is 4.79 Å². The fourth-order valence-electron chi connectivity index (χ4n) is 2.70. The second-order valence-electron chi connectivity index (χ2n) is 5.25. The van der Waals surface area contributed by atoms with Gasteiger partial charge in [-0.2, -0.15) is 0 Å². The van der Waals surface area contributed by atoms with E-state index in [-0.39, 0.29) is 5.91 Å². The monoisotopic (exact) mass is 282 g/mol. The highest BCUT2D eigenvalue weighted by atomic mass is 16.3. The van der Waals surface area contributed by atoms with Gasteiger partial charge in [0.15, 0.2) is 0 Å². The van der Waals surface area contributed by atoms with E-state index < -0.39 is 0 Å². The van der Waals surface area contributed by atoms with Crippen molar-refractivity contribution in [2.45, 2.75) is 19.9 Å². The van der Waals surface area contributed by atoms with Gasteiger partial charge in [0, 0.05) is 37.0 Å². The molecular weight excluding hydrogens is 264 g/mol. The van der Waals surface area contributed by atoms with Crippen molar-refractivity contribution < 1.29 is 9.90 Å². The molecule has 0 radical (unpaired) electrons. The number of nitrogens with one attached hydrogen (secondary N) is 1. The second-order valence-corrected chi connectivity index (χ2v) is 5.25. The van der Waals surface area contributed by atoms with Crippen LogP contribution in [0.2, 0.25) is 0 Å². The Morgan fingerprint density at radius 3 is 2.86 bits per heavy atom. The third-order valence-corrected chi connectivity index (χ3v) is 3.83. The van der Waals surface area contributed by atoms with Crippen molar-refractivity contribution in [3.8, 4) is 5.75 Å². The molecular formula is C17H18N2O2. The van der Waals surface area contributed by atoms with E-state index >= 15 is 0 Å². The van der Waals surface area contributed by atoms with E-state index in [4.69, 9.17) is 0 Å². The number of nitrogens with zero attached hydrogens (tertiary/aromatic N) is 1. The second kappa shape index (κ2) is 5.48. The molecule has 108 valence electrons. The Balaban J connectivity index is 1.74. The highest BCUT2D eigenvalue weighted by molar-refractivity contribution is 5.94. The quantitative estimate of drug-likeness (QED) is 0.910. The van der Waals surface area contributed by atoms with Gasteiger partial charge < -0.3 is 15.3 Å². The number of amides is 1. The maximum Gasteiger partial charge on any atom is 0.223 e. The van der Waals surface area contributed by atoms with Crippen molar-refractivity contribution in [2.75, 3.05) is 16.8 Å². The molecule has 0 spiro atoms. The molecule has 1 amide bonds. The number of aromatic hydroxyl groups is 1. The van der Waals surface area contributed by atoms with Crippen LogP contribution in [0.5, 0.6) is 5.75 Å². The Kier molecular flexibility index (Phi) is 3.52. The van der Waals surface area contributed by atoms with Crippen LogP contribution in [0, 0.1) is 0 Å². The largest absolute Gasteiger partial charge is 0.508 e. The Morgan fingerprint density at radius 2 is 2.10 bits per heavy atom. The number of para-hydroxylation sites is 1. The minimum atomic E-state index is 0.0867. The molecule has 0 atom stereocenters. The summed E-state index contributed by atoms with van der Waals surface area (Å²) >= 11 is 0. The molecule has 4 heteroatoms. The number of rotatable bonds is 3. The maximum atomic E-state index is 11.5. The lowest BCUT2D eigenvalue weighted by atomic mass is 10.1. The van der Waals surface area contributed by atoms with Crippen molar-refractivity contribution in [1.29, 1.82) is 0 Å². The average Bonchev–Trinajstić information content (AvgIpc) is 2.89. The molecule has 21 heavy (non-hydrogen) atoms. The standard InChI is InChI=1S/C17H18N2O2/c1-12(20)19-9-8-13-10-15(6-7-16(13)19)18-11-14-4-2-3-5-17(14)21/h2-7,10,18,21H,8-9,11H2,1H3. The molecule has 0 bridgehead atoms. The van der Waals surface area contributed by atoms with Crippen molar-refractivity contribution in [3.63, 3.8) is 0 Å². The lowest BCUT2D eigenvalue weighted by Gasteiger charge is -2.15. The SMILES string of the molecule is CC(=O)N1CCc2cc(NCc3ccccc3O)ccc21. The molecule has 2 aromatic rings. The summed E-state index contributed by atoms with van der Waals surface area (Å²) in [6, 6.07) is 13.3. The summed E-state index contributed by atoms with van der Waals surface area (Å²) in [6.45, 7) is 2.93. The van der Waals surface area contributed by atoms with E-state index in [2.05, 4.69) is 11.4 Å². The minimum Gasteiger partial charge on any atom is -0.508 e. The fourth-order valence-corrected chi connectivity index (χ4v) is 2.70. The first kappa shape index (κ1) is 13.5. The highest BCUT2D eigenvalue weighted by Gasteiger charge is 2.21. The zero-order valence-corrected chi connectivity index (χ0v) is 12.0. The number of benzene rings is 2. The van der Waals surface area contributed by atoms with E-state index in [1.807, 2.05) is 35.2 Å². The number of phenols is 1. The summed E-state index contributed by atoms with van der Waals surface area (Å²) in [4.78, 5) is 13.3. The number of carbonyl (C=O) groups excluding carboxylic acids is 1. The molecule has 0 aromatic heterocycles. The third kappa shape index (κ3) is 2.70. The summed E-state index contributed by atoms with van der Waals surface area (Å²) in [5.74, 6) is 0.387. The van der Waals surface area contributed by atoms with Crippen molar-refractivity contribution in [3.05, 3.63) is 53.6 Å². The van der Waals surface area contributed by atoms with E-state index in [9.17, 15) is 9.90 Å². The van der Waals surface area contributed by atoms with E-state index in [1.54, 1.807) is 13.0 Å². The molecule has 1 heterocycles. The number of carbonyl (C=O) groups is 1. The van der Waals surface area contributed by atoms with Crippen LogP contribution in [0.25, 0.3) is 0 Å². The number of hydrogen-bond acceptors (Lipinski definition) is 3. The third-order valence-electron chi connectivity index (χ3n) is 3.83. The molecule has 3 rings (SSSR count). The smallest absolute Gasteiger partial charge is 0.223 e. The average molecular weight is 282 g/mol. The van der Waals surface area contributed by atoms with E-state index in [1.165, 1.54) is 5.56 Å². The zero-order chi connectivity index (χ0) is 14.8. The van der Waals surface area contributed by atoms with Gasteiger partial charge >= 0.3 is 0 Å². The van der Waals surface area contributed by atoms with Crippen molar-refractivity contribution in [2.24, 2.45) is 0 Å². The predicted molar refractivity (Wildman–Crippen MR) is 83.6 cm³/mol. The first-order valence-electron chi connectivity index (χ1n) is 7.07. The molecule has 2 N–H and O–H groups in total. The van der Waals surface area contributed by atoms with Crippen LogP contribution in [0.1, 0.15) is 18.1 Å². The van der Waals surface area contributed by atoms with Crippen LogP contribution in [0.3, 0.4) is 0 Å². The fraction of sp³-hybridized carbons (Fsp3) is 0.235. The summed E-state index contributed by atoms with van der Waals surface area (Å²) in [7, 11) is 0. The van der Waals surface area contributed by atoms with E-state index in [0.717, 1.165) is 29.9 Å². The Bertz CT molecular complexity index is 682. The molecule has 0 fully saturated rings. The van der Waals surface area contributed by atoms with Gasteiger partial charge in [0.25, 0.3) is 0 Å². The Labute approximate surface area is 124 Å². The number of fused-ring (bicyclic) bond motifs is 1. The molecule has 1 aliphatic heterocycles. The summed E-state index contributed by atoms with van der Waals surface area (Å²) in [5.41, 5.74) is 4.06. The van der Waals surface area contributed by atoms with Crippen molar-refractivity contribution in [1.82, 2.24) is 0 Å². The van der Waals surface area contributed by atoms with Gasteiger partial charge in [0.05, 0.1) is 0 Å². The highest BCUT2D eigenvalue weighted by Crippen LogP contribution is 2.30. The van der Waals surface area contributed by atoms with Crippen molar-refractivity contribution >= 4 is 17.3 Å². The molecule has 0 saturated heterocycles. The van der Waals surface area contributed by atoms with Crippen LogP contribution < -0.4 is 10.2 Å². The minimum absolute atomic E-state index is 0.0867. The topological polar surface area (TPSA) is 52.6 Å². The Morgan fingerprint density at radius 1 is 1.29 bits per heavy atom. The summed E-state index contributed by atoms with van der Waals surface area (Å²) in [5, 5.41) is 13.1. The van der Waals surface area contributed by atoms with Crippen LogP contribution >= 0.6 is 0 Å². The van der Waals surface area contributed by atoms with E-state index in [0.29, 0.717) is 12.3 Å². The van der Waals surface area contributed by atoms with Gasteiger partial charge in [-0.05, 0) is 36.2 Å². The summed E-state index contributed by atoms with van der Waals surface area (Å²) in [6.07, 6.45) is 0.890. The molecule has 1 aliphatic rings. The Hall–Kier alpha value is -2.49. The van der Waals surface area contributed by atoms with Crippen LogP contribution in [0.15, 0.2) is 42.5 Å². The lowest BCUT2D eigenvalue weighted by Crippen LogP contribution is -2.25. The van der Waals surface area contributed by atoms with Gasteiger partial charge in [0.2, 0.25) is 5.91 Å².